The molecule has 1 aliphatic heterocycles. The number of nitrogens with one attached hydrogen (secondary N) is 1. The predicted octanol–water partition coefficient (Wildman–Crippen LogP) is 2.05. The second kappa shape index (κ2) is 5.69. The molecule has 1 N–H and O–H groups in total. The fourth-order valence-electron chi connectivity index (χ4n) is 2.47. The van der Waals surface area contributed by atoms with Crippen molar-refractivity contribution in [3.63, 3.8) is 0 Å². The second-order valence-electron chi connectivity index (χ2n) is 5.85. The molecule has 1 aromatic heterocycles. The Morgan fingerprint density at radius 1 is 1.39 bits per heavy atom. The van der Waals surface area contributed by atoms with Crippen molar-refractivity contribution < 1.29 is 4.42 Å². The van der Waals surface area contributed by atoms with Crippen molar-refractivity contribution in [1.82, 2.24) is 15.5 Å². The van der Waals surface area contributed by atoms with Gasteiger partial charge in [-0.15, -0.1) is 5.10 Å². The van der Waals surface area contributed by atoms with E-state index in [0.29, 0.717) is 36.3 Å². The lowest BCUT2D eigenvalue weighted by Crippen LogP contribution is -2.26. The Morgan fingerprint density at radius 2 is 2.17 bits per heavy atom. The topological polar surface area (TPSA) is 54.2 Å². The van der Waals surface area contributed by atoms with Gasteiger partial charge < -0.3 is 14.6 Å². The largest absolute Gasteiger partial charge is 0.407 e. The number of hydrogen-bond donors (Lipinski definition) is 1. The first-order valence-corrected chi connectivity index (χ1v) is 6.86. The number of aromatic nitrogens is 2. The Hall–Kier alpha value is -1.10. The molecule has 2 unspecified atom stereocenters. The fraction of sp³-hybridized carbons (Fsp3) is 0.846. The van der Waals surface area contributed by atoms with Crippen molar-refractivity contribution in [1.29, 1.82) is 0 Å². The van der Waals surface area contributed by atoms with Crippen LogP contribution in [0.2, 0.25) is 0 Å². The third kappa shape index (κ3) is 3.22. The molecule has 102 valence electrons. The van der Waals surface area contributed by atoms with Gasteiger partial charge >= 0.3 is 6.01 Å². The van der Waals surface area contributed by atoms with Gasteiger partial charge in [-0.05, 0) is 31.7 Å². The van der Waals surface area contributed by atoms with Gasteiger partial charge in [0.25, 0.3) is 0 Å². The highest BCUT2D eigenvalue weighted by Crippen LogP contribution is 2.27. The van der Waals surface area contributed by atoms with E-state index in [4.69, 9.17) is 4.42 Å². The van der Waals surface area contributed by atoms with Gasteiger partial charge in [0.15, 0.2) is 0 Å². The Labute approximate surface area is 109 Å². The normalized spacial score (nSPS) is 24.2. The summed E-state index contributed by atoms with van der Waals surface area (Å²) in [7, 11) is 0. The molecule has 0 spiro atoms. The van der Waals surface area contributed by atoms with E-state index in [0.717, 1.165) is 13.1 Å². The lowest BCUT2D eigenvalue weighted by atomic mass is 10.1. The number of hydrogen-bond acceptors (Lipinski definition) is 5. The summed E-state index contributed by atoms with van der Waals surface area (Å²) in [6, 6.07) is 1.17. The summed E-state index contributed by atoms with van der Waals surface area (Å²) in [5.74, 6) is 2.01. The van der Waals surface area contributed by atoms with Crippen LogP contribution in [0.1, 0.15) is 40.0 Å². The molecule has 0 bridgehead atoms. The SMILES string of the molecule is CC(C)CNCc1nnc(N2CC(C)CC2C)o1. The Morgan fingerprint density at radius 3 is 2.78 bits per heavy atom. The molecule has 0 amide bonds. The van der Waals surface area contributed by atoms with E-state index in [9.17, 15) is 0 Å². The van der Waals surface area contributed by atoms with Crippen LogP contribution in [0.25, 0.3) is 0 Å². The van der Waals surface area contributed by atoms with E-state index in [2.05, 4.69) is 48.1 Å². The monoisotopic (exact) mass is 252 g/mol. The molecule has 5 heteroatoms. The second-order valence-corrected chi connectivity index (χ2v) is 5.85. The molecule has 1 aromatic rings. The number of anilines is 1. The van der Waals surface area contributed by atoms with Gasteiger partial charge in [-0.2, -0.15) is 0 Å². The zero-order chi connectivity index (χ0) is 13.1. The highest BCUT2D eigenvalue weighted by atomic mass is 16.4. The van der Waals surface area contributed by atoms with E-state index >= 15 is 0 Å². The van der Waals surface area contributed by atoms with Crippen LogP contribution in [0.4, 0.5) is 6.01 Å². The van der Waals surface area contributed by atoms with Crippen molar-refractivity contribution in [2.45, 2.75) is 46.7 Å². The van der Waals surface area contributed by atoms with E-state index in [1.54, 1.807) is 0 Å². The fourth-order valence-corrected chi connectivity index (χ4v) is 2.47. The van der Waals surface area contributed by atoms with Crippen LogP contribution >= 0.6 is 0 Å². The molecule has 0 aliphatic carbocycles. The summed E-state index contributed by atoms with van der Waals surface area (Å²) in [5.41, 5.74) is 0. The molecule has 1 fully saturated rings. The summed E-state index contributed by atoms with van der Waals surface area (Å²) in [6.45, 7) is 11.5. The number of nitrogens with zero attached hydrogens (tertiary/aromatic N) is 3. The molecule has 0 aromatic carbocycles. The van der Waals surface area contributed by atoms with Gasteiger partial charge in [-0.3, -0.25) is 0 Å². The number of rotatable bonds is 5. The molecule has 1 saturated heterocycles. The zero-order valence-corrected chi connectivity index (χ0v) is 11.8. The lowest BCUT2D eigenvalue weighted by molar-refractivity contribution is 0.445. The van der Waals surface area contributed by atoms with Gasteiger partial charge in [0, 0.05) is 12.6 Å². The minimum Gasteiger partial charge on any atom is -0.407 e. The van der Waals surface area contributed by atoms with Gasteiger partial charge in [0.05, 0.1) is 6.54 Å². The van der Waals surface area contributed by atoms with Crippen molar-refractivity contribution in [2.24, 2.45) is 11.8 Å². The van der Waals surface area contributed by atoms with E-state index in [1.165, 1.54) is 6.42 Å². The average molecular weight is 252 g/mol. The zero-order valence-electron chi connectivity index (χ0n) is 11.8. The molecular weight excluding hydrogens is 228 g/mol. The van der Waals surface area contributed by atoms with Crippen LogP contribution in [-0.2, 0) is 6.54 Å². The van der Waals surface area contributed by atoms with Crippen molar-refractivity contribution in [2.75, 3.05) is 18.0 Å². The summed E-state index contributed by atoms with van der Waals surface area (Å²) in [6.07, 6.45) is 1.20. The Kier molecular flexibility index (Phi) is 4.22. The van der Waals surface area contributed by atoms with Crippen molar-refractivity contribution in [3.05, 3.63) is 5.89 Å². The van der Waals surface area contributed by atoms with Gasteiger partial charge in [0.2, 0.25) is 5.89 Å². The Bertz CT molecular complexity index is 377. The van der Waals surface area contributed by atoms with E-state index < -0.39 is 0 Å². The minimum atomic E-state index is 0.497. The van der Waals surface area contributed by atoms with Crippen molar-refractivity contribution in [3.8, 4) is 0 Å². The molecule has 0 saturated carbocycles. The Balaban J connectivity index is 1.90. The lowest BCUT2D eigenvalue weighted by Gasteiger charge is -2.17. The van der Waals surface area contributed by atoms with Gasteiger partial charge in [0.1, 0.15) is 0 Å². The molecule has 0 radical (unpaired) electrons. The average Bonchev–Trinajstić information content (AvgIpc) is 2.85. The third-order valence-electron chi connectivity index (χ3n) is 3.31. The van der Waals surface area contributed by atoms with Crippen LogP contribution in [-0.4, -0.2) is 29.3 Å². The smallest absolute Gasteiger partial charge is 0.318 e. The highest BCUT2D eigenvalue weighted by Gasteiger charge is 2.29. The van der Waals surface area contributed by atoms with Crippen LogP contribution in [0.15, 0.2) is 4.42 Å². The molecule has 1 aliphatic rings. The standard InChI is InChI=1S/C13H24N4O/c1-9(2)6-14-7-12-15-16-13(18-12)17-8-10(3)5-11(17)4/h9-11,14H,5-8H2,1-4H3. The van der Waals surface area contributed by atoms with Crippen LogP contribution in [0, 0.1) is 11.8 Å². The molecule has 18 heavy (non-hydrogen) atoms. The van der Waals surface area contributed by atoms with Gasteiger partial charge in [-0.25, -0.2) is 0 Å². The van der Waals surface area contributed by atoms with E-state index in [-0.39, 0.29) is 0 Å². The summed E-state index contributed by atoms with van der Waals surface area (Å²) in [4.78, 5) is 2.21. The maximum absolute atomic E-state index is 5.71. The first-order chi connectivity index (χ1) is 8.56. The van der Waals surface area contributed by atoms with Crippen LogP contribution in [0.3, 0.4) is 0 Å². The first kappa shape index (κ1) is 13.3. The van der Waals surface area contributed by atoms with Crippen LogP contribution < -0.4 is 10.2 Å². The summed E-state index contributed by atoms with van der Waals surface area (Å²) >= 11 is 0. The third-order valence-corrected chi connectivity index (χ3v) is 3.31. The molecule has 2 heterocycles. The molecular formula is C13H24N4O. The molecule has 5 nitrogen and oxygen atoms in total. The van der Waals surface area contributed by atoms with Crippen molar-refractivity contribution >= 4 is 6.01 Å². The molecule has 2 atom stereocenters. The highest BCUT2D eigenvalue weighted by molar-refractivity contribution is 5.28. The van der Waals surface area contributed by atoms with E-state index in [1.807, 2.05) is 0 Å². The maximum Gasteiger partial charge on any atom is 0.318 e. The summed E-state index contributed by atoms with van der Waals surface area (Å²) in [5, 5.41) is 11.6. The van der Waals surface area contributed by atoms with Gasteiger partial charge in [-0.1, -0.05) is 25.9 Å². The minimum absolute atomic E-state index is 0.497. The quantitative estimate of drug-likeness (QED) is 0.869. The predicted molar refractivity (Wildman–Crippen MR) is 71.4 cm³/mol. The first-order valence-electron chi connectivity index (χ1n) is 6.86. The van der Waals surface area contributed by atoms with Crippen LogP contribution in [0.5, 0.6) is 0 Å². The molecule has 2 rings (SSSR count). The summed E-state index contributed by atoms with van der Waals surface area (Å²) < 4.78 is 5.71. The maximum atomic E-state index is 5.71.